The molecule has 0 aliphatic rings. The zero-order valence-corrected chi connectivity index (χ0v) is 11.9. The van der Waals surface area contributed by atoms with Crippen LogP contribution < -0.4 is 5.32 Å². The van der Waals surface area contributed by atoms with E-state index in [4.69, 9.17) is 0 Å². The number of hydrogen-bond acceptors (Lipinski definition) is 2. The highest BCUT2D eigenvalue weighted by Gasteiger charge is 2.06. The summed E-state index contributed by atoms with van der Waals surface area (Å²) in [4.78, 5) is 16.2. The van der Waals surface area contributed by atoms with Crippen LogP contribution in [0.4, 0.5) is 0 Å². The fourth-order valence-corrected chi connectivity index (χ4v) is 2.24. The fourth-order valence-electron chi connectivity index (χ4n) is 2.24. The minimum Gasteiger partial charge on any atom is -0.352 e. The van der Waals surface area contributed by atoms with Crippen LogP contribution in [-0.2, 0) is 6.42 Å². The number of aromatic nitrogens is 2. The number of carbonyl (C=O) groups is 1. The molecule has 4 nitrogen and oxygen atoms in total. The second-order valence-corrected chi connectivity index (χ2v) is 5.13. The first-order chi connectivity index (χ1) is 10.2. The van der Waals surface area contributed by atoms with Gasteiger partial charge in [-0.15, -0.1) is 0 Å². The molecule has 106 valence electrons. The molecule has 0 saturated carbocycles. The normalized spacial score (nSPS) is 10.7. The number of hydrogen-bond donors (Lipinski definition) is 1. The molecule has 0 atom stereocenters. The lowest BCUT2D eigenvalue weighted by atomic mass is 10.1. The summed E-state index contributed by atoms with van der Waals surface area (Å²) in [6, 6.07) is 12.0. The van der Waals surface area contributed by atoms with E-state index in [0.29, 0.717) is 12.1 Å². The highest BCUT2D eigenvalue weighted by molar-refractivity contribution is 5.95. The highest BCUT2D eigenvalue weighted by atomic mass is 16.1. The van der Waals surface area contributed by atoms with E-state index < -0.39 is 0 Å². The molecule has 2 aromatic heterocycles. The zero-order valence-electron chi connectivity index (χ0n) is 11.9. The van der Waals surface area contributed by atoms with E-state index in [1.54, 1.807) is 18.6 Å². The SMILES string of the molecule is Cc1ccc(CCNC(=O)c2ccn3cncc3c2)cc1. The van der Waals surface area contributed by atoms with Crippen molar-refractivity contribution >= 4 is 11.4 Å². The van der Waals surface area contributed by atoms with Crippen LogP contribution in [0.5, 0.6) is 0 Å². The number of rotatable bonds is 4. The maximum absolute atomic E-state index is 12.1. The van der Waals surface area contributed by atoms with Gasteiger partial charge in [0.2, 0.25) is 0 Å². The summed E-state index contributed by atoms with van der Waals surface area (Å²) in [5, 5.41) is 2.95. The standard InChI is InChI=1S/C17H17N3O/c1-13-2-4-14(5-3-13)6-8-19-17(21)15-7-9-20-12-18-11-16(20)10-15/h2-5,7,9-12H,6,8H2,1H3,(H,19,21). The molecule has 0 spiro atoms. The molecule has 0 aliphatic carbocycles. The first-order valence-corrected chi connectivity index (χ1v) is 6.98. The molecular weight excluding hydrogens is 262 g/mol. The molecular formula is C17H17N3O. The third kappa shape index (κ3) is 3.11. The Morgan fingerprint density at radius 2 is 2.05 bits per heavy atom. The Morgan fingerprint density at radius 3 is 2.86 bits per heavy atom. The minimum absolute atomic E-state index is 0.0502. The van der Waals surface area contributed by atoms with Gasteiger partial charge in [-0.2, -0.15) is 0 Å². The molecule has 1 amide bonds. The number of pyridine rings is 1. The third-order valence-corrected chi connectivity index (χ3v) is 3.50. The molecule has 0 aliphatic heterocycles. The summed E-state index contributed by atoms with van der Waals surface area (Å²) in [6.45, 7) is 2.70. The quantitative estimate of drug-likeness (QED) is 0.798. The van der Waals surface area contributed by atoms with Crippen molar-refractivity contribution in [3.05, 3.63) is 71.8 Å². The van der Waals surface area contributed by atoms with Crippen LogP contribution in [0.1, 0.15) is 21.5 Å². The first kappa shape index (κ1) is 13.4. The average molecular weight is 279 g/mol. The molecule has 2 heterocycles. The lowest BCUT2D eigenvalue weighted by Crippen LogP contribution is -2.25. The number of amides is 1. The second-order valence-electron chi connectivity index (χ2n) is 5.13. The maximum Gasteiger partial charge on any atom is 0.251 e. The molecule has 3 rings (SSSR count). The van der Waals surface area contributed by atoms with Crippen LogP contribution in [0.25, 0.3) is 5.52 Å². The Hall–Kier alpha value is -2.62. The van der Waals surface area contributed by atoms with Crippen molar-refractivity contribution in [2.24, 2.45) is 0 Å². The van der Waals surface area contributed by atoms with Crippen molar-refractivity contribution in [1.29, 1.82) is 0 Å². The number of carbonyl (C=O) groups excluding carboxylic acids is 1. The largest absolute Gasteiger partial charge is 0.352 e. The Kier molecular flexibility index (Phi) is 3.69. The van der Waals surface area contributed by atoms with E-state index in [1.807, 2.05) is 16.7 Å². The summed E-state index contributed by atoms with van der Waals surface area (Å²) < 4.78 is 1.88. The van der Waals surface area contributed by atoms with Gasteiger partial charge in [0.25, 0.3) is 5.91 Å². The van der Waals surface area contributed by atoms with E-state index >= 15 is 0 Å². The smallest absolute Gasteiger partial charge is 0.251 e. The Morgan fingerprint density at radius 1 is 1.24 bits per heavy atom. The summed E-state index contributed by atoms with van der Waals surface area (Å²) in [5.74, 6) is -0.0502. The van der Waals surface area contributed by atoms with Gasteiger partial charge in [-0.1, -0.05) is 29.8 Å². The minimum atomic E-state index is -0.0502. The van der Waals surface area contributed by atoms with Gasteiger partial charge < -0.3 is 9.72 Å². The average Bonchev–Trinajstić information content (AvgIpc) is 2.96. The van der Waals surface area contributed by atoms with Crippen LogP contribution in [0.3, 0.4) is 0 Å². The zero-order chi connectivity index (χ0) is 14.7. The number of nitrogens with one attached hydrogen (secondary N) is 1. The predicted octanol–water partition coefficient (Wildman–Crippen LogP) is 2.62. The number of aryl methyl sites for hydroxylation is 1. The Balaban J connectivity index is 1.59. The highest BCUT2D eigenvalue weighted by Crippen LogP contribution is 2.07. The summed E-state index contributed by atoms with van der Waals surface area (Å²) in [7, 11) is 0. The van der Waals surface area contributed by atoms with E-state index in [0.717, 1.165) is 11.9 Å². The number of benzene rings is 1. The van der Waals surface area contributed by atoms with Crippen molar-refractivity contribution in [2.45, 2.75) is 13.3 Å². The van der Waals surface area contributed by atoms with E-state index in [1.165, 1.54) is 11.1 Å². The van der Waals surface area contributed by atoms with E-state index in [2.05, 4.69) is 41.5 Å². The molecule has 0 saturated heterocycles. The predicted molar refractivity (Wildman–Crippen MR) is 82.4 cm³/mol. The van der Waals surface area contributed by atoms with Crippen molar-refractivity contribution in [3.8, 4) is 0 Å². The van der Waals surface area contributed by atoms with Gasteiger partial charge >= 0.3 is 0 Å². The molecule has 0 radical (unpaired) electrons. The molecule has 3 aromatic rings. The number of imidazole rings is 1. The van der Waals surface area contributed by atoms with Crippen molar-refractivity contribution in [1.82, 2.24) is 14.7 Å². The van der Waals surface area contributed by atoms with E-state index in [-0.39, 0.29) is 5.91 Å². The van der Waals surface area contributed by atoms with Gasteiger partial charge in [0, 0.05) is 18.3 Å². The number of nitrogens with zero attached hydrogens (tertiary/aromatic N) is 2. The van der Waals surface area contributed by atoms with E-state index in [9.17, 15) is 4.79 Å². The van der Waals surface area contributed by atoms with Crippen LogP contribution in [0, 0.1) is 6.92 Å². The monoisotopic (exact) mass is 279 g/mol. The number of fused-ring (bicyclic) bond motifs is 1. The fraction of sp³-hybridized carbons (Fsp3) is 0.176. The Bertz CT molecular complexity index is 759. The summed E-state index contributed by atoms with van der Waals surface area (Å²) >= 11 is 0. The molecule has 0 fully saturated rings. The van der Waals surface area contributed by atoms with Crippen molar-refractivity contribution in [2.75, 3.05) is 6.54 Å². The van der Waals surface area contributed by atoms with Gasteiger partial charge in [0.1, 0.15) is 0 Å². The van der Waals surface area contributed by atoms with Crippen LogP contribution >= 0.6 is 0 Å². The molecule has 1 N–H and O–H groups in total. The summed E-state index contributed by atoms with van der Waals surface area (Å²) in [5.41, 5.74) is 4.05. The molecule has 1 aromatic carbocycles. The van der Waals surface area contributed by atoms with Gasteiger partial charge in [-0.25, -0.2) is 4.98 Å². The first-order valence-electron chi connectivity index (χ1n) is 6.98. The molecule has 4 heteroatoms. The van der Waals surface area contributed by atoms with Gasteiger partial charge in [-0.3, -0.25) is 4.79 Å². The second kappa shape index (κ2) is 5.79. The summed E-state index contributed by atoms with van der Waals surface area (Å²) in [6.07, 6.45) is 6.13. The van der Waals surface area contributed by atoms with Crippen LogP contribution in [-0.4, -0.2) is 21.8 Å². The Labute approximate surface area is 123 Å². The lowest BCUT2D eigenvalue weighted by Gasteiger charge is -2.06. The van der Waals surface area contributed by atoms with Gasteiger partial charge in [0.05, 0.1) is 18.0 Å². The maximum atomic E-state index is 12.1. The lowest BCUT2D eigenvalue weighted by molar-refractivity contribution is 0.0954. The third-order valence-electron chi connectivity index (χ3n) is 3.50. The molecule has 0 bridgehead atoms. The molecule has 0 unspecified atom stereocenters. The topological polar surface area (TPSA) is 46.4 Å². The van der Waals surface area contributed by atoms with Gasteiger partial charge in [0.15, 0.2) is 0 Å². The van der Waals surface area contributed by atoms with Crippen molar-refractivity contribution in [3.63, 3.8) is 0 Å². The van der Waals surface area contributed by atoms with Crippen LogP contribution in [0.15, 0.2) is 55.1 Å². The van der Waals surface area contributed by atoms with Crippen molar-refractivity contribution < 1.29 is 4.79 Å². The molecule has 21 heavy (non-hydrogen) atoms. The van der Waals surface area contributed by atoms with Gasteiger partial charge in [-0.05, 0) is 31.0 Å². The van der Waals surface area contributed by atoms with Crippen LogP contribution in [0.2, 0.25) is 0 Å².